The lowest BCUT2D eigenvalue weighted by molar-refractivity contribution is -0.118. The Morgan fingerprint density at radius 3 is 2.74 bits per heavy atom. The third-order valence-corrected chi connectivity index (χ3v) is 4.62. The minimum atomic E-state index is -0.231. The fourth-order valence-corrected chi connectivity index (χ4v) is 2.99. The van der Waals surface area contributed by atoms with E-state index in [0.29, 0.717) is 28.2 Å². The van der Waals surface area contributed by atoms with E-state index < -0.39 is 0 Å². The second-order valence-electron chi connectivity index (χ2n) is 6.64. The number of aromatic amines is 1. The zero-order chi connectivity index (χ0) is 18.8. The minimum absolute atomic E-state index is 0.0735. The third kappa shape index (κ3) is 4.28. The molecule has 138 valence electrons. The molecule has 0 spiro atoms. The van der Waals surface area contributed by atoms with E-state index in [1.54, 1.807) is 18.2 Å². The minimum Gasteiger partial charge on any atom is -0.483 e. The summed E-state index contributed by atoms with van der Waals surface area (Å²) in [7, 11) is 0. The van der Waals surface area contributed by atoms with Gasteiger partial charge in [0.1, 0.15) is 11.6 Å². The molecule has 0 aliphatic heterocycles. The number of benzene rings is 2. The Labute approximate surface area is 161 Å². The van der Waals surface area contributed by atoms with Crippen LogP contribution in [0.3, 0.4) is 0 Å². The van der Waals surface area contributed by atoms with Gasteiger partial charge in [0, 0.05) is 22.2 Å². The molecule has 2 N–H and O–H groups in total. The van der Waals surface area contributed by atoms with Crippen molar-refractivity contribution < 1.29 is 9.53 Å². The standard InChI is InChI=1S/C20H19ClN4O2/c1-12-10-15(21)6-9-17(12)27-11-18(26)22-16-7-4-14(5-8-16)20-23-19(24-25-20)13-2-3-13/h4-10,13H,2-3,11H2,1H3,(H,22,26)(H,23,24,25). The van der Waals surface area contributed by atoms with E-state index in [9.17, 15) is 4.79 Å². The molecular formula is C20H19ClN4O2. The van der Waals surface area contributed by atoms with E-state index >= 15 is 0 Å². The zero-order valence-electron chi connectivity index (χ0n) is 14.8. The summed E-state index contributed by atoms with van der Waals surface area (Å²) < 4.78 is 5.56. The van der Waals surface area contributed by atoms with Gasteiger partial charge in [0.25, 0.3) is 5.91 Å². The molecule has 1 fully saturated rings. The van der Waals surface area contributed by atoms with Crippen molar-refractivity contribution in [3.05, 3.63) is 58.9 Å². The number of rotatable bonds is 6. The van der Waals surface area contributed by atoms with Crippen LogP contribution in [0.5, 0.6) is 5.75 Å². The number of ether oxygens (including phenoxy) is 1. The number of hydrogen-bond donors (Lipinski definition) is 2. The first kappa shape index (κ1) is 17.5. The Bertz CT molecular complexity index is 964. The molecule has 1 aromatic heterocycles. The first-order valence-corrected chi connectivity index (χ1v) is 9.18. The van der Waals surface area contributed by atoms with Gasteiger partial charge < -0.3 is 10.1 Å². The van der Waals surface area contributed by atoms with E-state index in [0.717, 1.165) is 17.0 Å². The molecule has 6 nitrogen and oxygen atoms in total. The Kier molecular flexibility index (Phi) is 4.81. The van der Waals surface area contributed by atoms with Crippen molar-refractivity contribution >= 4 is 23.2 Å². The van der Waals surface area contributed by atoms with Crippen molar-refractivity contribution in [1.29, 1.82) is 0 Å². The summed E-state index contributed by atoms with van der Waals surface area (Å²) in [5, 5.41) is 10.7. The molecule has 4 rings (SSSR count). The number of anilines is 1. The molecular weight excluding hydrogens is 364 g/mol. The number of hydrogen-bond acceptors (Lipinski definition) is 4. The van der Waals surface area contributed by atoms with Crippen molar-refractivity contribution in [3.63, 3.8) is 0 Å². The number of carbonyl (C=O) groups excluding carboxylic acids is 1. The van der Waals surface area contributed by atoms with Crippen LogP contribution in [0.15, 0.2) is 42.5 Å². The quantitative estimate of drug-likeness (QED) is 0.665. The topological polar surface area (TPSA) is 79.9 Å². The normalized spacial score (nSPS) is 13.4. The Balaban J connectivity index is 1.34. The second kappa shape index (κ2) is 7.40. The number of aromatic nitrogens is 3. The van der Waals surface area contributed by atoms with Crippen LogP contribution >= 0.6 is 11.6 Å². The molecule has 0 radical (unpaired) electrons. The SMILES string of the molecule is Cc1cc(Cl)ccc1OCC(=O)Nc1ccc(-c2n[nH]c(C3CC3)n2)cc1. The average Bonchev–Trinajstić information content (AvgIpc) is 3.39. The van der Waals surface area contributed by atoms with Crippen molar-refractivity contribution in [2.75, 3.05) is 11.9 Å². The molecule has 0 unspecified atom stereocenters. The summed E-state index contributed by atoms with van der Waals surface area (Å²) in [4.78, 5) is 16.6. The molecule has 0 atom stereocenters. The summed E-state index contributed by atoms with van der Waals surface area (Å²) in [5.74, 6) is 2.58. The maximum atomic E-state index is 12.1. The predicted octanol–water partition coefficient (Wildman–Crippen LogP) is 4.33. The number of nitrogens with one attached hydrogen (secondary N) is 2. The Hall–Kier alpha value is -2.86. The number of nitrogens with zero attached hydrogens (tertiary/aromatic N) is 2. The fourth-order valence-electron chi connectivity index (χ4n) is 2.76. The van der Waals surface area contributed by atoms with Gasteiger partial charge in [-0.1, -0.05) is 11.6 Å². The first-order valence-electron chi connectivity index (χ1n) is 8.80. The van der Waals surface area contributed by atoms with Gasteiger partial charge in [0.15, 0.2) is 12.4 Å². The van der Waals surface area contributed by atoms with Crippen LogP contribution in [0.1, 0.15) is 30.1 Å². The molecule has 0 saturated heterocycles. The summed E-state index contributed by atoms with van der Waals surface area (Å²) in [6, 6.07) is 12.7. The first-order chi connectivity index (χ1) is 13.1. The van der Waals surface area contributed by atoms with Crippen molar-refractivity contribution in [2.24, 2.45) is 0 Å². The van der Waals surface area contributed by atoms with E-state index in [1.165, 1.54) is 12.8 Å². The number of carbonyl (C=O) groups is 1. The Morgan fingerprint density at radius 2 is 2.04 bits per heavy atom. The van der Waals surface area contributed by atoms with Crippen LogP contribution in [-0.4, -0.2) is 27.7 Å². The molecule has 27 heavy (non-hydrogen) atoms. The molecule has 3 aromatic rings. The molecule has 1 aliphatic rings. The number of H-pyrrole nitrogens is 1. The van der Waals surface area contributed by atoms with Crippen LogP contribution in [0.4, 0.5) is 5.69 Å². The zero-order valence-corrected chi connectivity index (χ0v) is 15.6. The van der Waals surface area contributed by atoms with Gasteiger partial charge in [-0.25, -0.2) is 4.98 Å². The van der Waals surface area contributed by atoms with Crippen LogP contribution in [-0.2, 0) is 4.79 Å². The maximum absolute atomic E-state index is 12.1. The van der Waals surface area contributed by atoms with Gasteiger partial charge in [-0.05, 0) is 67.8 Å². The highest BCUT2D eigenvalue weighted by Crippen LogP contribution is 2.38. The summed E-state index contributed by atoms with van der Waals surface area (Å²) in [5.41, 5.74) is 2.49. The smallest absolute Gasteiger partial charge is 0.262 e. The Morgan fingerprint density at radius 1 is 1.26 bits per heavy atom. The lowest BCUT2D eigenvalue weighted by Crippen LogP contribution is -2.20. The molecule has 1 heterocycles. The van der Waals surface area contributed by atoms with Crippen LogP contribution in [0, 0.1) is 6.92 Å². The maximum Gasteiger partial charge on any atom is 0.262 e. The molecule has 1 saturated carbocycles. The number of aryl methyl sites for hydroxylation is 1. The summed E-state index contributed by atoms with van der Waals surface area (Å²) in [6.07, 6.45) is 2.36. The van der Waals surface area contributed by atoms with Crippen LogP contribution in [0.25, 0.3) is 11.4 Å². The van der Waals surface area contributed by atoms with E-state index in [4.69, 9.17) is 16.3 Å². The van der Waals surface area contributed by atoms with Crippen molar-refractivity contribution in [3.8, 4) is 17.1 Å². The predicted molar refractivity (Wildman–Crippen MR) is 104 cm³/mol. The van der Waals surface area contributed by atoms with Gasteiger partial charge >= 0.3 is 0 Å². The second-order valence-corrected chi connectivity index (χ2v) is 7.08. The van der Waals surface area contributed by atoms with E-state index in [1.807, 2.05) is 31.2 Å². The van der Waals surface area contributed by atoms with Crippen molar-refractivity contribution in [1.82, 2.24) is 15.2 Å². The molecule has 0 bridgehead atoms. The molecule has 1 aliphatic carbocycles. The van der Waals surface area contributed by atoms with Gasteiger partial charge in [-0.15, -0.1) is 0 Å². The highest BCUT2D eigenvalue weighted by Gasteiger charge is 2.27. The van der Waals surface area contributed by atoms with Gasteiger partial charge in [0.2, 0.25) is 0 Å². The lowest BCUT2D eigenvalue weighted by Gasteiger charge is -2.10. The van der Waals surface area contributed by atoms with Gasteiger partial charge in [-0.3, -0.25) is 9.89 Å². The van der Waals surface area contributed by atoms with Crippen molar-refractivity contribution in [2.45, 2.75) is 25.7 Å². The van der Waals surface area contributed by atoms with Gasteiger partial charge in [-0.2, -0.15) is 5.10 Å². The highest BCUT2D eigenvalue weighted by molar-refractivity contribution is 6.30. The summed E-state index contributed by atoms with van der Waals surface area (Å²) in [6.45, 7) is 1.81. The average molecular weight is 383 g/mol. The van der Waals surface area contributed by atoms with E-state index in [-0.39, 0.29) is 12.5 Å². The number of halogens is 1. The summed E-state index contributed by atoms with van der Waals surface area (Å²) >= 11 is 5.92. The molecule has 2 aromatic carbocycles. The van der Waals surface area contributed by atoms with Gasteiger partial charge in [0.05, 0.1) is 0 Å². The fraction of sp³-hybridized carbons (Fsp3) is 0.250. The monoisotopic (exact) mass is 382 g/mol. The largest absolute Gasteiger partial charge is 0.483 e. The van der Waals surface area contributed by atoms with E-state index in [2.05, 4.69) is 20.5 Å². The highest BCUT2D eigenvalue weighted by atomic mass is 35.5. The van der Waals surface area contributed by atoms with Crippen LogP contribution in [0.2, 0.25) is 5.02 Å². The molecule has 1 amide bonds. The molecule has 7 heteroatoms. The van der Waals surface area contributed by atoms with Crippen LogP contribution < -0.4 is 10.1 Å². The lowest BCUT2D eigenvalue weighted by atomic mass is 10.2. The number of amides is 1. The third-order valence-electron chi connectivity index (χ3n) is 4.39.